The normalized spacial score (nSPS) is 14.2. The van der Waals surface area contributed by atoms with Crippen LogP contribution in [-0.4, -0.2) is 61.2 Å². The lowest BCUT2D eigenvalue weighted by atomic mass is 10.2. The highest BCUT2D eigenvalue weighted by atomic mass is 79.9. The van der Waals surface area contributed by atoms with E-state index >= 15 is 0 Å². The Morgan fingerprint density at radius 2 is 1.79 bits per heavy atom. The average molecular weight is 510 g/mol. The van der Waals surface area contributed by atoms with Crippen molar-refractivity contribution >= 4 is 38.6 Å². The first-order chi connectivity index (χ1) is 16.1. The standard InChI is InChI=1S/C23H24BrN7O2/c1-32-20-11-18-19(12-21(20)33-2)28-15-29-22(18)30-7-9-31(10-8-30)23(27-14-25)26-13-16-3-5-17(24)6-4-16/h3-6,11-12,15H,7-10,13H2,1-2H3,(H,26,27). The number of piperazine rings is 1. The lowest BCUT2D eigenvalue weighted by molar-refractivity contribution is 0.355. The molecular weight excluding hydrogens is 486 g/mol. The summed E-state index contributed by atoms with van der Waals surface area (Å²) in [5.74, 6) is 2.70. The Balaban J connectivity index is 1.50. The Morgan fingerprint density at radius 3 is 2.45 bits per heavy atom. The fraction of sp³-hybridized carbons (Fsp3) is 0.304. The summed E-state index contributed by atoms with van der Waals surface area (Å²) in [4.78, 5) is 17.9. The van der Waals surface area contributed by atoms with Crippen LogP contribution in [0.3, 0.4) is 0 Å². The van der Waals surface area contributed by atoms with Crippen molar-refractivity contribution in [2.45, 2.75) is 6.54 Å². The molecule has 2 heterocycles. The second-order valence-corrected chi connectivity index (χ2v) is 8.31. The molecular formula is C23H24BrN7O2. The summed E-state index contributed by atoms with van der Waals surface area (Å²) >= 11 is 3.44. The van der Waals surface area contributed by atoms with E-state index in [1.54, 1.807) is 20.5 Å². The van der Waals surface area contributed by atoms with Crippen LogP contribution in [0.2, 0.25) is 0 Å². The minimum Gasteiger partial charge on any atom is -0.493 e. The van der Waals surface area contributed by atoms with Crippen molar-refractivity contribution in [1.82, 2.24) is 20.2 Å². The Bertz CT molecular complexity index is 1190. The lowest BCUT2D eigenvalue weighted by Crippen LogP contribution is -2.52. The maximum absolute atomic E-state index is 9.22. The fourth-order valence-electron chi connectivity index (χ4n) is 3.78. The monoisotopic (exact) mass is 509 g/mol. The summed E-state index contributed by atoms with van der Waals surface area (Å²) in [6, 6.07) is 11.8. The van der Waals surface area contributed by atoms with Gasteiger partial charge in [0.25, 0.3) is 0 Å². The Kier molecular flexibility index (Phi) is 7.10. The number of ether oxygens (including phenoxy) is 2. The molecule has 0 bridgehead atoms. The number of guanidine groups is 1. The molecule has 0 radical (unpaired) electrons. The number of anilines is 1. The molecule has 1 aromatic heterocycles. The molecule has 1 aliphatic rings. The molecule has 1 aliphatic heterocycles. The van der Waals surface area contributed by atoms with Crippen LogP contribution in [-0.2, 0) is 6.54 Å². The number of methoxy groups -OCH3 is 2. The quantitative estimate of drug-likeness (QED) is 0.242. The highest BCUT2D eigenvalue weighted by molar-refractivity contribution is 9.10. The molecule has 0 atom stereocenters. The molecule has 0 unspecified atom stereocenters. The Morgan fingerprint density at radius 1 is 1.09 bits per heavy atom. The largest absolute Gasteiger partial charge is 0.493 e. The molecule has 0 aliphatic carbocycles. The van der Waals surface area contributed by atoms with E-state index in [9.17, 15) is 5.26 Å². The van der Waals surface area contributed by atoms with Gasteiger partial charge >= 0.3 is 0 Å². The predicted octanol–water partition coefficient (Wildman–Crippen LogP) is 3.16. The molecule has 33 heavy (non-hydrogen) atoms. The minimum absolute atomic E-state index is 0.496. The van der Waals surface area contributed by atoms with Crippen molar-refractivity contribution in [3.63, 3.8) is 0 Å². The fourth-order valence-corrected chi connectivity index (χ4v) is 4.04. The van der Waals surface area contributed by atoms with E-state index in [0.717, 1.165) is 39.8 Å². The second kappa shape index (κ2) is 10.4. The van der Waals surface area contributed by atoms with Gasteiger partial charge in [-0.25, -0.2) is 15.0 Å². The highest BCUT2D eigenvalue weighted by Crippen LogP contribution is 2.34. The van der Waals surface area contributed by atoms with Crippen LogP contribution in [0.4, 0.5) is 5.82 Å². The van der Waals surface area contributed by atoms with Crippen LogP contribution >= 0.6 is 15.9 Å². The number of fused-ring (bicyclic) bond motifs is 1. The van der Waals surface area contributed by atoms with Crippen molar-refractivity contribution in [2.24, 2.45) is 4.99 Å². The van der Waals surface area contributed by atoms with E-state index in [2.05, 4.69) is 46.0 Å². The number of nitriles is 1. The zero-order valence-electron chi connectivity index (χ0n) is 18.5. The molecule has 10 heteroatoms. The highest BCUT2D eigenvalue weighted by Gasteiger charge is 2.23. The number of benzene rings is 2. The van der Waals surface area contributed by atoms with Gasteiger partial charge in [-0.05, 0) is 23.8 Å². The summed E-state index contributed by atoms with van der Waals surface area (Å²) in [7, 11) is 3.22. The van der Waals surface area contributed by atoms with Crippen LogP contribution in [0.5, 0.6) is 11.5 Å². The minimum atomic E-state index is 0.496. The van der Waals surface area contributed by atoms with E-state index in [1.165, 1.54) is 0 Å². The topological polar surface area (TPSA) is 98.9 Å². The number of hydrogen-bond acceptors (Lipinski definition) is 7. The van der Waals surface area contributed by atoms with E-state index in [4.69, 9.17) is 9.47 Å². The first kappa shape index (κ1) is 22.6. The van der Waals surface area contributed by atoms with Crippen LogP contribution < -0.4 is 19.7 Å². The maximum atomic E-state index is 9.22. The van der Waals surface area contributed by atoms with Gasteiger partial charge in [0, 0.05) is 42.1 Å². The first-order valence-electron chi connectivity index (χ1n) is 10.4. The van der Waals surface area contributed by atoms with Crippen molar-refractivity contribution in [2.75, 3.05) is 45.3 Å². The SMILES string of the molecule is COc1cc2ncnc(N3CCN(C(=NCc4ccc(Br)cc4)NC#N)CC3)c2cc1OC. The lowest BCUT2D eigenvalue weighted by Gasteiger charge is -2.36. The summed E-state index contributed by atoms with van der Waals surface area (Å²) < 4.78 is 11.9. The van der Waals surface area contributed by atoms with E-state index < -0.39 is 0 Å². The number of nitrogens with one attached hydrogen (secondary N) is 1. The molecule has 0 amide bonds. The molecule has 3 aromatic rings. The van der Waals surface area contributed by atoms with Crippen LogP contribution in [0, 0.1) is 11.5 Å². The summed E-state index contributed by atoms with van der Waals surface area (Å²) in [5.41, 5.74) is 1.87. The van der Waals surface area contributed by atoms with Crippen LogP contribution in [0.25, 0.3) is 10.9 Å². The summed E-state index contributed by atoms with van der Waals surface area (Å²) in [6.07, 6.45) is 3.58. The summed E-state index contributed by atoms with van der Waals surface area (Å²) in [5, 5.41) is 12.9. The van der Waals surface area contributed by atoms with Gasteiger partial charge in [0.1, 0.15) is 12.1 Å². The van der Waals surface area contributed by atoms with Gasteiger partial charge in [-0.3, -0.25) is 5.32 Å². The third kappa shape index (κ3) is 5.09. The zero-order valence-corrected chi connectivity index (χ0v) is 20.0. The van der Waals surface area contributed by atoms with Gasteiger partial charge < -0.3 is 19.3 Å². The molecule has 4 rings (SSSR count). The molecule has 1 N–H and O–H groups in total. The predicted molar refractivity (Wildman–Crippen MR) is 130 cm³/mol. The van der Waals surface area contributed by atoms with E-state index in [-0.39, 0.29) is 0 Å². The van der Waals surface area contributed by atoms with Gasteiger partial charge in [-0.1, -0.05) is 28.1 Å². The number of aromatic nitrogens is 2. The molecule has 1 fully saturated rings. The van der Waals surface area contributed by atoms with Crippen molar-refractivity contribution in [3.05, 3.63) is 52.8 Å². The van der Waals surface area contributed by atoms with Gasteiger partial charge in [0.2, 0.25) is 5.96 Å². The maximum Gasteiger partial charge on any atom is 0.207 e. The van der Waals surface area contributed by atoms with Gasteiger partial charge in [-0.2, -0.15) is 5.26 Å². The molecule has 170 valence electrons. The Hall–Kier alpha value is -3.58. The van der Waals surface area contributed by atoms with Crippen molar-refractivity contribution in [3.8, 4) is 17.7 Å². The van der Waals surface area contributed by atoms with Crippen LogP contribution in [0.15, 0.2) is 52.2 Å². The number of hydrogen-bond donors (Lipinski definition) is 1. The Labute approximate surface area is 200 Å². The zero-order chi connectivity index (χ0) is 23.2. The number of nitrogens with zero attached hydrogens (tertiary/aromatic N) is 6. The second-order valence-electron chi connectivity index (χ2n) is 7.40. The van der Waals surface area contributed by atoms with Crippen molar-refractivity contribution < 1.29 is 9.47 Å². The van der Waals surface area contributed by atoms with Gasteiger partial charge in [0.05, 0.1) is 26.3 Å². The molecule has 0 spiro atoms. The molecule has 9 nitrogen and oxygen atoms in total. The summed E-state index contributed by atoms with van der Waals surface area (Å²) in [6.45, 7) is 3.35. The molecule has 2 aromatic carbocycles. The number of aliphatic imine (C=N–C) groups is 1. The number of halogens is 1. The van der Waals surface area contributed by atoms with E-state index in [0.29, 0.717) is 37.1 Å². The van der Waals surface area contributed by atoms with Gasteiger partial charge in [-0.15, -0.1) is 0 Å². The smallest absolute Gasteiger partial charge is 0.207 e. The molecule has 0 saturated carbocycles. The first-order valence-corrected chi connectivity index (χ1v) is 11.2. The third-order valence-corrected chi connectivity index (χ3v) is 6.02. The van der Waals surface area contributed by atoms with E-state index in [1.807, 2.05) is 42.6 Å². The molecule has 1 saturated heterocycles. The third-order valence-electron chi connectivity index (χ3n) is 5.49. The van der Waals surface area contributed by atoms with Crippen LogP contribution in [0.1, 0.15) is 5.56 Å². The number of rotatable bonds is 5. The average Bonchev–Trinajstić information content (AvgIpc) is 2.86. The van der Waals surface area contributed by atoms with Crippen molar-refractivity contribution in [1.29, 1.82) is 5.26 Å². The van der Waals surface area contributed by atoms with Gasteiger partial charge in [0.15, 0.2) is 17.7 Å².